The van der Waals surface area contributed by atoms with E-state index in [1.807, 2.05) is 0 Å². The van der Waals surface area contributed by atoms with E-state index in [1.165, 1.54) is 0 Å². The second-order valence-electron chi connectivity index (χ2n) is 4.21. The lowest BCUT2D eigenvalue weighted by molar-refractivity contribution is -0.294. The highest BCUT2D eigenvalue weighted by atomic mass is 32.2. The number of allylic oxidation sites excluding steroid dienone is 5. The molecule has 0 heterocycles. The molecule has 0 spiro atoms. The molecule has 0 radical (unpaired) electrons. The molecule has 2 aliphatic rings. The summed E-state index contributed by atoms with van der Waals surface area (Å²) in [4.78, 5) is -2.33. The van der Waals surface area contributed by atoms with Crippen molar-refractivity contribution < 1.29 is 36.2 Å². The van der Waals surface area contributed by atoms with E-state index < -0.39 is 64.1 Å². The maximum Gasteiger partial charge on any atom is 0.296 e. The van der Waals surface area contributed by atoms with Gasteiger partial charge in [-0.2, -0.15) is 16.8 Å². The van der Waals surface area contributed by atoms with Gasteiger partial charge in [-0.05, 0) is 17.7 Å². The third-order valence-electron chi connectivity index (χ3n) is 2.82. The van der Waals surface area contributed by atoms with E-state index in [4.69, 9.17) is 19.9 Å². The maximum atomic E-state index is 11.9. The highest BCUT2D eigenvalue weighted by molar-refractivity contribution is 7.91. The molecule has 0 unspecified atom stereocenters. The second kappa shape index (κ2) is 4.61. The molecular weight excluding hydrogens is 340 g/mol. The molecule has 0 aromatic rings. The van der Waals surface area contributed by atoms with Gasteiger partial charge in [-0.25, -0.2) is 0 Å². The van der Waals surface area contributed by atoms with Crippen molar-refractivity contribution in [1.29, 1.82) is 10.8 Å². The molecule has 0 aliphatic heterocycles. The van der Waals surface area contributed by atoms with Gasteiger partial charge < -0.3 is 21.0 Å². The Morgan fingerprint density at radius 2 is 1.41 bits per heavy atom. The van der Waals surface area contributed by atoms with Crippen LogP contribution in [0.5, 0.6) is 0 Å². The molecule has 0 aromatic carbocycles. The minimum absolute atomic E-state index is 0.495. The van der Waals surface area contributed by atoms with Crippen LogP contribution in [0.2, 0.25) is 0 Å². The third kappa shape index (κ3) is 2.37. The van der Waals surface area contributed by atoms with Crippen molar-refractivity contribution in [3.8, 4) is 0 Å². The van der Waals surface area contributed by atoms with Crippen LogP contribution in [0.25, 0.3) is 0 Å². The monoisotopic (exact) mass is 346 g/mol. The molecule has 2 rings (SSSR count). The molecule has 0 atom stereocenters. The van der Waals surface area contributed by atoms with Crippen LogP contribution in [0.3, 0.4) is 0 Å². The predicted molar refractivity (Wildman–Crippen MR) is 68.8 cm³/mol. The average molecular weight is 346 g/mol. The van der Waals surface area contributed by atoms with Crippen LogP contribution in [0.1, 0.15) is 0 Å². The lowest BCUT2D eigenvalue weighted by Crippen LogP contribution is -2.34. The molecule has 10 nitrogen and oxygen atoms in total. The number of rotatable bonds is 2. The molecule has 0 bridgehead atoms. The first-order chi connectivity index (χ1) is 9.85. The van der Waals surface area contributed by atoms with Gasteiger partial charge >= 0.3 is 0 Å². The van der Waals surface area contributed by atoms with E-state index in [-0.39, 0.29) is 0 Å². The molecule has 0 aromatic heterocycles. The summed E-state index contributed by atoms with van der Waals surface area (Å²) in [6.45, 7) is 0. The van der Waals surface area contributed by atoms with Gasteiger partial charge in [-0.15, -0.1) is 0 Å². The molecule has 22 heavy (non-hydrogen) atoms. The second-order valence-corrected chi connectivity index (χ2v) is 6.99. The first-order valence-corrected chi connectivity index (χ1v) is 8.13. The van der Waals surface area contributed by atoms with Crippen LogP contribution < -0.4 is 10.2 Å². The molecule has 0 amide bonds. The molecule has 0 saturated heterocycles. The van der Waals surface area contributed by atoms with Crippen molar-refractivity contribution in [3.05, 3.63) is 44.6 Å². The summed E-state index contributed by atoms with van der Waals surface area (Å²) in [5.41, 5.74) is -3.45. The molecule has 0 saturated carbocycles. The lowest BCUT2D eigenvalue weighted by Gasteiger charge is -2.32. The number of nitrogens with one attached hydrogen (secondary N) is 2. The zero-order chi connectivity index (χ0) is 17.0. The van der Waals surface area contributed by atoms with Gasteiger partial charge in [0, 0.05) is 5.57 Å². The van der Waals surface area contributed by atoms with E-state index in [1.54, 1.807) is 0 Å². The third-order valence-corrected chi connectivity index (χ3v) is 4.56. The highest BCUT2D eigenvalue weighted by Crippen LogP contribution is 2.33. The summed E-state index contributed by atoms with van der Waals surface area (Å²) < 4.78 is 62.2. The van der Waals surface area contributed by atoms with Crippen molar-refractivity contribution in [2.75, 3.05) is 0 Å². The summed E-state index contributed by atoms with van der Waals surface area (Å²) in [5.74, 6) is -2.81. The van der Waals surface area contributed by atoms with Gasteiger partial charge in [0.15, 0.2) is 0 Å². The smallest absolute Gasteiger partial charge is 0.296 e. The van der Waals surface area contributed by atoms with Crippen LogP contribution in [-0.4, -0.2) is 37.4 Å². The molecule has 12 heteroatoms. The minimum Gasteiger partial charge on any atom is -0.871 e. The fraction of sp³-hybridized carbons (Fsp3) is 0. The Morgan fingerprint density at radius 3 is 1.86 bits per heavy atom. The summed E-state index contributed by atoms with van der Waals surface area (Å²) in [6.07, 6.45) is 1.07. The SMILES string of the molecule is N=C1C(S(=O)(=O)O)=CC2=CC(S(=O)(=O)O)=C([O-])C(=N)C2=C1[O-]. The summed E-state index contributed by atoms with van der Waals surface area (Å²) in [6, 6.07) is 0. The van der Waals surface area contributed by atoms with E-state index in [0.29, 0.717) is 12.2 Å². The topological polar surface area (TPSA) is 203 Å². The van der Waals surface area contributed by atoms with Gasteiger partial charge in [0.25, 0.3) is 20.2 Å². The van der Waals surface area contributed by atoms with Gasteiger partial charge in [-0.1, -0.05) is 11.5 Å². The van der Waals surface area contributed by atoms with Crippen molar-refractivity contribution in [3.63, 3.8) is 0 Å². The average Bonchev–Trinajstić information content (AvgIpc) is 2.34. The van der Waals surface area contributed by atoms with Crippen molar-refractivity contribution >= 4 is 31.7 Å². The van der Waals surface area contributed by atoms with Crippen LogP contribution in [0.4, 0.5) is 0 Å². The Bertz CT molecular complexity index is 960. The minimum atomic E-state index is -5.01. The normalized spacial score (nSPS) is 19.9. The number of fused-ring (bicyclic) bond motifs is 1. The molecule has 4 N–H and O–H groups in total. The lowest BCUT2D eigenvalue weighted by atomic mass is 9.88. The Labute approximate surface area is 123 Å². The Kier molecular flexibility index (Phi) is 3.37. The number of hydrogen-bond donors (Lipinski definition) is 4. The first-order valence-electron chi connectivity index (χ1n) is 5.25. The maximum absolute atomic E-state index is 11.9. The summed E-state index contributed by atoms with van der Waals surface area (Å²) in [7, 11) is -9.97. The zero-order valence-electron chi connectivity index (χ0n) is 10.3. The van der Waals surface area contributed by atoms with Crippen LogP contribution in [0, 0.1) is 10.8 Å². The summed E-state index contributed by atoms with van der Waals surface area (Å²) >= 11 is 0. The highest BCUT2D eigenvalue weighted by Gasteiger charge is 2.31. The number of hydrogen-bond acceptors (Lipinski definition) is 8. The fourth-order valence-corrected chi connectivity index (χ4v) is 3.10. The van der Waals surface area contributed by atoms with E-state index >= 15 is 0 Å². The Hall–Kier alpha value is -2.28. The molecule has 0 fully saturated rings. The van der Waals surface area contributed by atoms with Gasteiger partial charge in [-0.3, -0.25) is 9.11 Å². The van der Waals surface area contributed by atoms with E-state index in [2.05, 4.69) is 0 Å². The Morgan fingerprint density at radius 1 is 0.864 bits per heavy atom. The van der Waals surface area contributed by atoms with Crippen molar-refractivity contribution in [2.45, 2.75) is 0 Å². The molecular formula is C10H6N2O8S2-2. The standard InChI is InChI=1S/C10H8N2O8S2/c11-7-4(21(15,16)17)1-3-2-5(22(18,19)20)9(13)8(12)6(3)10(7)14/h1-2,11-14H,(H,15,16,17)(H,18,19,20)/p-2. The Balaban J connectivity index is 2.85. The van der Waals surface area contributed by atoms with Gasteiger partial charge in [0.05, 0.1) is 16.3 Å². The largest absolute Gasteiger partial charge is 0.871 e. The predicted octanol–water partition coefficient (Wildman–Crippen LogP) is -2.17. The van der Waals surface area contributed by atoms with Crippen LogP contribution >= 0.6 is 0 Å². The quantitative estimate of drug-likeness (QED) is 0.404. The van der Waals surface area contributed by atoms with Crippen molar-refractivity contribution in [2.24, 2.45) is 0 Å². The van der Waals surface area contributed by atoms with Crippen LogP contribution in [-0.2, 0) is 20.2 Å². The summed E-state index contributed by atoms with van der Waals surface area (Å²) in [5, 5.41) is 38.4. The van der Waals surface area contributed by atoms with Crippen molar-refractivity contribution in [1.82, 2.24) is 0 Å². The molecule has 118 valence electrons. The van der Waals surface area contributed by atoms with Gasteiger partial charge in [0.1, 0.15) is 4.91 Å². The van der Waals surface area contributed by atoms with E-state index in [9.17, 15) is 27.0 Å². The first kappa shape index (κ1) is 16.1. The molecule has 2 aliphatic carbocycles. The van der Waals surface area contributed by atoms with E-state index in [0.717, 1.165) is 0 Å². The van der Waals surface area contributed by atoms with Crippen LogP contribution in [0.15, 0.2) is 44.6 Å². The van der Waals surface area contributed by atoms with Gasteiger partial charge in [0.2, 0.25) is 0 Å². The fourth-order valence-electron chi connectivity index (χ4n) is 1.86. The zero-order valence-corrected chi connectivity index (χ0v) is 11.9.